The van der Waals surface area contributed by atoms with E-state index in [1.807, 2.05) is 30.3 Å². The normalized spacial score (nSPS) is 12.5. The minimum atomic E-state index is 0. The molecule has 1 aliphatic heterocycles. The Labute approximate surface area is 136 Å². The fraction of sp³-hybridized carbons (Fsp3) is 0.294. The average Bonchev–Trinajstić information content (AvgIpc) is 2.55. The molecule has 0 aliphatic carbocycles. The molecule has 0 fully saturated rings. The highest BCUT2D eigenvalue weighted by atomic mass is 35.5. The van der Waals surface area contributed by atoms with E-state index in [1.165, 1.54) is 5.56 Å². The van der Waals surface area contributed by atoms with Crippen molar-refractivity contribution in [2.45, 2.75) is 19.3 Å². The summed E-state index contributed by atoms with van der Waals surface area (Å²) in [5.41, 5.74) is 4.23. The Bertz CT molecular complexity index is 631. The lowest BCUT2D eigenvalue weighted by Crippen LogP contribution is -2.27. The van der Waals surface area contributed by atoms with Crippen LogP contribution in [0.25, 0.3) is 0 Å². The van der Waals surface area contributed by atoms with Crippen molar-refractivity contribution < 1.29 is 4.79 Å². The molecule has 116 valence electrons. The molecule has 2 heterocycles. The van der Waals surface area contributed by atoms with E-state index in [2.05, 4.69) is 15.6 Å². The zero-order valence-electron chi connectivity index (χ0n) is 12.3. The van der Waals surface area contributed by atoms with Gasteiger partial charge >= 0.3 is 0 Å². The van der Waals surface area contributed by atoms with Crippen LogP contribution in [0.15, 0.2) is 42.7 Å². The third-order valence-electron chi connectivity index (χ3n) is 3.79. The van der Waals surface area contributed by atoms with Crippen LogP contribution in [0.4, 0.5) is 5.69 Å². The van der Waals surface area contributed by atoms with Gasteiger partial charge in [0.25, 0.3) is 5.91 Å². The van der Waals surface area contributed by atoms with Crippen molar-refractivity contribution in [3.05, 3.63) is 59.4 Å². The molecule has 3 rings (SSSR count). The van der Waals surface area contributed by atoms with Crippen molar-refractivity contribution in [1.82, 2.24) is 10.3 Å². The predicted octanol–water partition coefficient (Wildman–Crippen LogP) is 2.83. The average molecular weight is 318 g/mol. The highest BCUT2D eigenvalue weighted by molar-refractivity contribution is 5.97. The second-order valence-electron chi connectivity index (χ2n) is 5.22. The van der Waals surface area contributed by atoms with Gasteiger partial charge in [0, 0.05) is 36.7 Å². The third kappa shape index (κ3) is 3.77. The fourth-order valence-electron chi connectivity index (χ4n) is 2.69. The molecule has 0 atom stereocenters. The van der Waals surface area contributed by atoms with Crippen LogP contribution in [-0.4, -0.2) is 24.0 Å². The van der Waals surface area contributed by atoms with E-state index in [0.717, 1.165) is 42.6 Å². The Kier molecular flexibility index (Phi) is 5.78. The van der Waals surface area contributed by atoms with Crippen molar-refractivity contribution in [3.8, 4) is 0 Å². The molecule has 5 heteroatoms. The Morgan fingerprint density at radius 2 is 2.05 bits per heavy atom. The van der Waals surface area contributed by atoms with E-state index < -0.39 is 0 Å². The van der Waals surface area contributed by atoms with Gasteiger partial charge < -0.3 is 10.6 Å². The van der Waals surface area contributed by atoms with Crippen molar-refractivity contribution >= 4 is 24.0 Å². The molecule has 1 aliphatic rings. The summed E-state index contributed by atoms with van der Waals surface area (Å²) in [5.74, 6) is 0.0182. The van der Waals surface area contributed by atoms with Gasteiger partial charge in [0.1, 0.15) is 0 Å². The number of carbonyl (C=O) groups is 1. The molecule has 2 aromatic rings. The standard InChI is InChI=1S/C17H19N3O.ClH/c21-17(20-12-8-13-6-10-18-11-7-13)15-3-1-5-16-14(15)4-2-9-19-16;/h1,3,5-7,10-11,19H,2,4,8-9,12H2,(H,20,21);1H. The molecule has 0 radical (unpaired) electrons. The highest BCUT2D eigenvalue weighted by Gasteiger charge is 2.16. The molecule has 0 spiro atoms. The Hall–Kier alpha value is -2.07. The number of amides is 1. The molecule has 1 aromatic heterocycles. The maximum Gasteiger partial charge on any atom is 0.251 e. The van der Waals surface area contributed by atoms with Gasteiger partial charge in [-0.2, -0.15) is 0 Å². The largest absolute Gasteiger partial charge is 0.385 e. The summed E-state index contributed by atoms with van der Waals surface area (Å²) >= 11 is 0. The summed E-state index contributed by atoms with van der Waals surface area (Å²) in [7, 11) is 0. The van der Waals surface area contributed by atoms with Crippen LogP contribution in [0.5, 0.6) is 0 Å². The molecule has 4 nitrogen and oxygen atoms in total. The van der Waals surface area contributed by atoms with E-state index >= 15 is 0 Å². The first-order valence-corrected chi connectivity index (χ1v) is 7.37. The van der Waals surface area contributed by atoms with Crippen molar-refractivity contribution in [1.29, 1.82) is 0 Å². The van der Waals surface area contributed by atoms with Gasteiger partial charge in [0.15, 0.2) is 0 Å². The molecule has 1 aromatic carbocycles. The summed E-state index contributed by atoms with van der Waals surface area (Å²) in [4.78, 5) is 16.3. The molecule has 1 amide bonds. The number of hydrogen-bond donors (Lipinski definition) is 2. The number of fused-ring (bicyclic) bond motifs is 1. The predicted molar refractivity (Wildman–Crippen MR) is 90.8 cm³/mol. The van der Waals surface area contributed by atoms with Crippen LogP contribution in [0.2, 0.25) is 0 Å². The minimum Gasteiger partial charge on any atom is -0.385 e. The van der Waals surface area contributed by atoms with Gasteiger partial charge in [-0.15, -0.1) is 12.4 Å². The van der Waals surface area contributed by atoms with E-state index in [0.29, 0.717) is 6.54 Å². The lowest BCUT2D eigenvalue weighted by atomic mass is 9.97. The highest BCUT2D eigenvalue weighted by Crippen LogP contribution is 2.25. The Balaban J connectivity index is 0.00000176. The van der Waals surface area contributed by atoms with Gasteiger partial charge in [-0.05, 0) is 54.7 Å². The van der Waals surface area contributed by atoms with Gasteiger partial charge in [0.2, 0.25) is 0 Å². The lowest BCUT2D eigenvalue weighted by molar-refractivity contribution is 0.0953. The lowest BCUT2D eigenvalue weighted by Gasteiger charge is -2.20. The minimum absolute atomic E-state index is 0. The van der Waals surface area contributed by atoms with Gasteiger partial charge in [-0.25, -0.2) is 0 Å². The van der Waals surface area contributed by atoms with Gasteiger partial charge in [-0.1, -0.05) is 6.07 Å². The summed E-state index contributed by atoms with van der Waals surface area (Å²) in [6.07, 6.45) is 6.42. The van der Waals surface area contributed by atoms with E-state index in [-0.39, 0.29) is 18.3 Å². The number of halogens is 1. The molecule has 22 heavy (non-hydrogen) atoms. The summed E-state index contributed by atoms with van der Waals surface area (Å²) < 4.78 is 0. The number of nitrogens with one attached hydrogen (secondary N) is 2. The van der Waals surface area contributed by atoms with Crippen molar-refractivity contribution in [2.75, 3.05) is 18.4 Å². The van der Waals surface area contributed by atoms with Crippen LogP contribution >= 0.6 is 12.4 Å². The van der Waals surface area contributed by atoms with Crippen molar-refractivity contribution in [3.63, 3.8) is 0 Å². The maximum atomic E-state index is 12.4. The molecular weight excluding hydrogens is 298 g/mol. The third-order valence-corrected chi connectivity index (χ3v) is 3.79. The topological polar surface area (TPSA) is 54.0 Å². The molecule has 0 saturated heterocycles. The van der Waals surface area contributed by atoms with E-state index in [4.69, 9.17) is 0 Å². The summed E-state index contributed by atoms with van der Waals surface area (Å²) in [6, 6.07) is 9.84. The molecular formula is C17H20ClN3O. The van der Waals surface area contributed by atoms with Crippen LogP contribution in [0.3, 0.4) is 0 Å². The van der Waals surface area contributed by atoms with Gasteiger partial charge in [0.05, 0.1) is 0 Å². The second kappa shape index (κ2) is 7.80. The first kappa shape index (κ1) is 16.3. The molecule has 0 unspecified atom stereocenters. The second-order valence-corrected chi connectivity index (χ2v) is 5.22. The summed E-state index contributed by atoms with van der Waals surface area (Å²) in [6.45, 7) is 1.63. The number of pyridine rings is 1. The number of benzene rings is 1. The quantitative estimate of drug-likeness (QED) is 0.911. The zero-order chi connectivity index (χ0) is 14.5. The van der Waals surface area contributed by atoms with E-state index in [9.17, 15) is 4.79 Å². The Morgan fingerprint density at radius 3 is 2.86 bits per heavy atom. The maximum absolute atomic E-state index is 12.4. The van der Waals surface area contributed by atoms with E-state index in [1.54, 1.807) is 12.4 Å². The SMILES string of the molecule is Cl.O=C(NCCc1ccncc1)c1cccc2c1CCCN2. The van der Waals surface area contributed by atoms with Crippen LogP contribution in [-0.2, 0) is 12.8 Å². The molecule has 0 saturated carbocycles. The van der Waals surface area contributed by atoms with Crippen LogP contribution < -0.4 is 10.6 Å². The molecule has 2 N–H and O–H groups in total. The number of carbonyl (C=O) groups excluding carboxylic acids is 1. The van der Waals surface area contributed by atoms with Crippen molar-refractivity contribution in [2.24, 2.45) is 0 Å². The number of aromatic nitrogens is 1. The number of anilines is 1. The molecule has 0 bridgehead atoms. The number of hydrogen-bond acceptors (Lipinski definition) is 3. The number of rotatable bonds is 4. The monoisotopic (exact) mass is 317 g/mol. The first-order valence-electron chi connectivity index (χ1n) is 7.37. The van der Waals surface area contributed by atoms with Crippen LogP contribution in [0.1, 0.15) is 27.9 Å². The number of nitrogens with zero attached hydrogens (tertiary/aromatic N) is 1. The Morgan fingerprint density at radius 1 is 1.23 bits per heavy atom. The summed E-state index contributed by atoms with van der Waals surface area (Å²) in [5, 5.41) is 6.36. The smallest absolute Gasteiger partial charge is 0.251 e. The fourth-order valence-corrected chi connectivity index (χ4v) is 2.69. The first-order chi connectivity index (χ1) is 10.3. The van der Waals surface area contributed by atoms with Gasteiger partial charge in [-0.3, -0.25) is 9.78 Å². The van der Waals surface area contributed by atoms with Crippen LogP contribution in [0, 0.1) is 0 Å². The zero-order valence-corrected chi connectivity index (χ0v) is 13.2.